The molecule has 1 aromatic carbocycles. The van der Waals surface area contributed by atoms with Crippen LogP contribution in [-0.4, -0.2) is 42.4 Å². The zero-order valence-corrected chi connectivity index (χ0v) is 19.8. The Balaban J connectivity index is 1.82. The fourth-order valence-corrected chi connectivity index (χ4v) is 3.45. The first-order valence-electron chi connectivity index (χ1n) is 10.8. The number of anilines is 3. The molecule has 0 saturated carbocycles. The largest absolute Gasteiger partial charge is 0.478 e. The maximum absolute atomic E-state index is 13.5. The number of carboxylic acid groups (broad SMARTS) is 1. The lowest BCUT2D eigenvalue weighted by Crippen LogP contribution is -2.11. The Morgan fingerprint density at radius 3 is 2.59 bits per heavy atom. The number of benzene rings is 1. The molecule has 0 aliphatic rings. The van der Waals surface area contributed by atoms with Gasteiger partial charge < -0.3 is 15.7 Å². The SMILES string of the molecule is CCCNc1ncc(-c2cnc(Nc3ccc(F)c(Cl)c3)nc2-n2ccc(C(F)(F)F)n2)cc1C(=O)O. The van der Waals surface area contributed by atoms with Gasteiger partial charge in [0.05, 0.1) is 5.02 Å². The first-order chi connectivity index (χ1) is 17.6. The summed E-state index contributed by atoms with van der Waals surface area (Å²) < 4.78 is 54.1. The van der Waals surface area contributed by atoms with Crippen molar-refractivity contribution in [2.45, 2.75) is 19.5 Å². The number of hydrogen-bond acceptors (Lipinski definition) is 7. The van der Waals surface area contributed by atoms with Gasteiger partial charge in [0, 0.05) is 41.9 Å². The second kappa shape index (κ2) is 10.4. The van der Waals surface area contributed by atoms with Crippen LogP contribution in [-0.2, 0) is 6.18 Å². The molecular formula is C23H18ClF4N7O2. The van der Waals surface area contributed by atoms with Crippen LogP contribution in [0.15, 0.2) is 48.9 Å². The van der Waals surface area contributed by atoms with E-state index in [0.29, 0.717) is 12.2 Å². The number of alkyl halides is 3. The highest BCUT2D eigenvalue weighted by Crippen LogP contribution is 2.32. The van der Waals surface area contributed by atoms with Crippen molar-refractivity contribution in [3.05, 3.63) is 71.0 Å². The molecule has 14 heteroatoms. The highest BCUT2D eigenvalue weighted by molar-refractivity contribution is 6.31. The van der Waals surface area contributed by atoms with E-state index in [1.165, 1.54) is 30.6 Å². The molecule has 0 spiro atoms. The fourth-order valence-electron chi connectivity index (χ4n) is 3.27. The van der Waals surface area contributed by atoms with Crippen molar-refractivity contribution < 1.29 is 27.5 Å². The molecule has 0 atom stereocenters. The smallest absolute Gasteiger partial charge is 0.435 e. The van der Waals surface area contributed by atoms with Gasteiger partial charge in [-0.05, 0) is 36.8 Å². The Kier molecular flexibility index (Phi) is 7.25. The highest BCUT2D eigenvalue weighted by atomic mass is 35.5. The topological polar surface area (TPSA) is 118 Å². The van der Waals surface area contributed by atoms with Crippen LogP contribution >= 0.6 is 11.6 Å². The summed E-state index contributed by atoms with van der Waals surface area (Å²) in [6.07, 6.45) is -0.264. The Bertz CT molecular complexity index is 1460. The number of carboxylic acids is 1. The first-order valence-corrected chi connectivity index (χ1v) is 11.1. The molecule has 0 amide bonds. The van der Waals surface area contributed by atoms with Crippen LogP contribution in [0, 0.1) is 5.82 Å². The number of aromatic carboxylic acids is 1. The first kappa shape index (κ1) is 25.8. The van der Waals surface area contributed by atoms with E-state index < -0.39 is 23.7 Å². The maximum Gasteiger partial charge on any atom is 0.435 e. The standard InChI is InChI=1S/C23H18ClF4N7O2/c1-2-6-29-19-14(21(36)37)8-12(10-30-19)15-11-31-22(32-13-3-4-17(25)16(24)9-13)33-20(15)35-7-5-18(34-35)23(26,27)28/h3-5,7-11H,2,6H2,1H3,(H,29,30)(H,36,37)(H,31,32,33). The third-order valence-corrected chi connectivity index (χ3v) is 5.30. The van der Waals surface area contributed by atoms with Crippen molar-refractivity contribution >= 4 is 35.0 Å². The van der Waals surface area contributed by atoms with Crippen molar-refractivity contribution in [3.63, 3.8) is 0 Å². The second-order valence-corrected chi connectivity index (χ2v) is 8.09. The van der Waals surface area contributed by atoms with Gasteiger partial charge in [0.15, 0.2) is 11.5 Å². The third kappa shape index (κ3) is 5.77. The lowest BCUT2D eigenvalue weighted by Gasteiger charge is -2.14. The second-order valence-electron chi connectivity index (χ2n) is 7.68. The Hall–Kier alpha value is -4.26. The van der Waals surface area contributed by atoms with Crippen LogP contribution in [0.25, 0.3) is 16.9 Å². The molecule has 0 aliphatic heterocycles. The molecule has 3 aromatic heterocycles. The summed E-state index contributed by atoms with van der Waals surface area (Å²) >= 11 is 5.81. The predicted octanol–water partition coefficient (Wildman–Crippen LogP) is 5.80. The van der Waals surface area contributed by atoms with Gasteiger partial charge in [-0.25, -0.2) is 23.8 Å². The molecule has 192 valence electrons. The molecule has 0 bridgehead atoms. The van der Waals surface area contributed by atoms with E-state index in [1.807, 2.05) is 6.92 Å². The molecule has 37 heavy (non-hydrogen) atoms. The van der Waals surface area contributed by atoms with E-state index in [2.05, 4.69) is 30.7 Å². The summed E-state index contributed by atoms with van der Waals surface area (Å²) in [6, 6.07) is 5.87. The van der Waals surface area contributed by atoms with Crippen LogP contribution in [0.5, 0.6) is 0 Å². The van der Waals surface area contributed by atoms with Crippen LogP contribution in [0.3, 0.4) is 0 Å². The van der Waals surface area contributed by atoms with Gasteiger partial charge in [0.2, 0.25) is 5.95 Å². The molecule has 0 saturated heterocycles. The number of hydrogen-bond donors (Lipinski definition) is 3. The van der Waals surface area contributed by atoms with E-state index >= 15 is 0 Å². The minimum atomic E-state index is -4.70. The minimum Gasteiger partial charge on any atom is -0.478 e. The summed E-state index contributed by atoms with van der Waals surface area (Å²) in [6.45, 7) is 2.39. The predicted molar refractivity (Wildman–Crippen MR) is 128 cm³/mol. The molecule has 0 unspecified atom stereocenters. The summed E-state index contributed by atoms with van der Waals surface area (Å²) in [5.74, 6) is -1.89. The molecule has 0 radical (unpaired) electrons. The summed E-state index contributed by atoms with van der Waals surface area (Å²) in [5, 5.41) is 18.8. The highest BCUT2D eigenvalue weighted by Gasteiger charge is 2.34. The van der Waals surface area contributed by atoms with Crippen molar-refractivity contribution in [1.29, 1.82) is 0 Å². The van der Waals surface area contributed by atoms with Crippen LogP contribution in [0.4, 0.5) is 35.0 Å². The Morgan fingerprint density at radius 2 is 1.95 bits per heavy atom. The normalized spacial score (nSPS) is 11.4. The molecular weight excluding hydrogens is 518 g/mol. The third-order valence-electron chi connectivity index (χ3n) is 5.01. The fraction of sp³-hybridized carbons (Fsp3) is 0.174. The van der Waals surface area contributed by atoms with Crippen LogP contribution in [0.2, 0.25) is 5.02 Å². The Morgan fingerprint density at radius 1 is 1.16 bits per heavy atom. The number of pyridine rings is 1. The van der Waals surface area contributed by atoms with Gasteiger partial charge in [0.1, 0.15) is 17.2 Å². The molecule has 3 heterocycles. The van der Waals surface area contributed by atoms with Gasteiger partial charge in [-0.15, -0.1) is 0 Å². The van der Waals surface area contributed by atoms with Gasteiger partial charge >= 0.3 is 12.1 Å². The molecule has 4 aromatic rings. The van der Waals surface area contributed by atoms with Gasteiger partial charge in [0.25, 0.3) is 0 Å². The lowest BCUT2D eigenvalue weighted by atomic mass is 10.1. The van der Waals surface area contributed by atoms with Crippen LogP contribution < -0.4 is 10.6 Å². The lowest BCUT2D eigenvalue weighted by molar-refractivity contribution is -0.141. The monoisotopic (exact) mass is 535 g/mol. The number of rotatable bonds is 8. The van der Waals surface area contributed by atoms with Crippen LogP contribution in [0.1, 0.15) is 29.4 Å². The average Bonchev–Trinajstić information content (AvgIpc) is 3.36. The minimum absolute atomic E-state index is 0.0573. The molecule has 0 fully saturated rings. The van der Waals surface area contributed by atoms with Gasteiger partial charge in [-0.1, -0.05) is 18.5 Å². The molecule has 3 N–H and O–H groups in total. The van der Waals surface area contributed by atoms with Crippen molar-refractivity contribution in [1.82, 2.24) is 24.7 Å². The number of aromatic nitrogens is 5. The number of nitrogens with one attached hydrogen (secondary N) is 2. The zero-order chi connectivity index (χ0) is 26.7. The van der Waals surface area contributed by atoms with E-state index in [-0.39, 0.29) is 39.3 Å². The van der Waals surface area contributed by atoms with Gasteiger partial charge in [-0.2, -0.15) is 23.3 Å². The average molecular weight is 536 g/mol. The molecule has 9 nitrogen and oxygen atoms in total. The molecule has 4 rings (SSSR count). The van der Waals surface area contributed by atoms with Crippen molar-refractivity contribution in [3.8, 4) is 16.9 Å². The van der Waals surface area contributed by atoms with Crippen molar-refractivity contribution in [2.75, 3.05) is 17.2 Å². The quantitative estimate of drug-likeness (QED) is 0.242. The molecule has 0 aliphatic carbocycles. The summed E-state index contributed by atoms with van der Waals surface area (Å²) in [5.41, 5.74) is -0.578. The van der Waals surface area contributed by atoms with Crippen molar-refractivity contribution in [2.24, 2.45) is 0 Å². The van der Waals surface area contributed by atoms with Gasteiger partial charge in [-0.3, -0.25) is 0 Å². The van der Waals surface area contributed by atoms with E-state index in [4.69, 9.17) is 11.6 Å². The van der Waals surface area contributed by atoms with E-state index in [9.17, 15) is 27.5 Å². The Labute approximate surface area is 212 Å². The number of halogens is 5. The maximum atomic E-state index is 13.5. The number of nitrogens with zero attached hydrogens (tertiary/aromatic N) is 5. The zero-order valence-electron chi connectivity index (χ0n) is 19.0. The van der Waals surface area contributed by atoms with E-state index in [0.717, 1.165) is 29.4 Å². The van der Waals surface area contributed by atoms with E-state index in [1.54, 1.807) is 0 Å². The summed E-state index contributed by atoms with van der Waals surface area (Å²) in [4.78, 5) is 24.5. The summed E-state index contributed by atoms with van der Waals surface area (Å²) in [7, 11) is 0. The number of carbonyl (C=O) groups is 1.